The zero-order valence-corrected chi connectivity index (χ0v) is 11.6. The van der Waals surface area contributed by atoms with E-state index in [-0.39, 0.29) is 0 Å². The van der Waals surface area contributed by atoms with Gasteiger partial charge in [-0.05, 0) is 24.6 Å². The van der Waals surface area contributed by atoms with Crippen molar-refractivity contribution in [3.63, 3.8) is 0 Å². The van der Waals surface area contributed by atoms with E-state index in [1.165, 1.54) is 42.9 Å². The molecule has 2 rings (SSSR count). The van der Waals surface area contributed by atoms with Crippen molar-refractivity contribution in [3.8, 4) is 0 Å². The van der Waals surface area contributed by atoms with Crippen LogP contribution in [0.2, 0.25) is 0 Å². The summed E-state index contributed by atoms with van der Waals surface area (Å²) in [6.07, 6.45) is 5.41. The van der Waals surface area contributed by atoms with E-state index < -0.39 is 0 Å². The van der Waals surface area contributed by atoms with Crippen molar-refractivity contribution in [3.05, 3.63) is 29.8 Å². The van der Waals surface area contributed by atoms with Crippen LogP contribution in [0.4, 0.5) is 0 Å². The molecule has 1 aromatic carbocycles. The average Bonchev–Trinajstić information content (AvgIpc) is 2.77. The molecule has 0 saturated carbocycles. The highest BCUT2D eigenvalue weighted by Gasteiger charge is 2.21. The van der Waals surface area contributed by atoms with Gasteiger partial charge in [0.05, 0.1) is 0 Å². The number of benzene rings is 1. The summed E-state index contributed by atoms with van der Waals surface area (Å²) in [5.74, 6) is 1.98. The van der Waals surface area contributed by atoms with Crippen LogP contribution in [0.5, 0.6) is 0 Å². The van der Waals surface area contributed by atoms with Gasteiger partial charge >= 0.3 is 0 Å². The minimum atomic E-state index is 0.724. The number of unbranched alkanes of at least 4 members (excludes halogenated alkanes) is 3. The Labute approximate surface area is 109 Å². The van der Waals surface area contributed by atoms with Gasteiger partial charge in [-0.15, -0.1) is 11.8 Å². The number of nitrogens with one attached hydrogen (secondary N) is 1. The fourth-order valence-electron chi connectivity index (χ4n) is 2.35. The summed E-state index contributed by atoms with van der Waals surface area (Å²) in [4.78, 5) is 1.49. The van der Waals surface area contributed by atoms with Gasteiger partial charge in [0, 0.05) is 23.1 Å². The van der Waals surface area contributed by atoms with Crippen molar-refractivity contribution in [2.24, 2.45) is 0 Å². The van der Waals surface area contributed by atoms with Crippen LogP contribution in [-0.4, -0.2) is 18.8 Å². The van der Waals surface area contributed by atoms with E-state index in [4.69, 9.17) is 0 Å². The smallest absolute Gasteiger partial charge is 0.0108 e. The summed E-state index contributed by atoms with van der Waals surface area (Å²) in [6, 6.07) is 8.85. The third-order valence-electron chi connectivity index (χ3n) is 3.40. The molecule has 1 unspecified atom stereocenters. The highest BCUT2D eigenvalue weighted by molar-refractivity contribution is 7.99. The lowest BCUT2D eigenvalue weighted by atomic mass is 10.0. The number of rotatable bonds is 7. The van der Waals surface area contributed by atoms with E-state index in [0.29, 0.717) is 0 Å². The Morgan fingerprint density at radius 3 is 3.00 bits per heavy atom. The zero-order valence-electron chi connectivity index (χ0n) is 10.7. The van der Waals surface area contributed by atoms with Crippen LogP contribution < -0.4 is 5.32 Å². The fraction of sp³-hybridized carbons (Fsp3) is 0.600. The van der Waals surface area contributed by atoms with Gasteiger partial charge in [0.1, 0.15) is 0 Å². The average molecular weight is 249 g/mol. The van der Waals surface area contributed by atoms with Crippen LogP contribution in [0.3, 0.4) is 0 Å². The van der Waals surface area contributed by atoms with E-state index in [2.05, 4.69) is 36.5 Å². The van der Waals surface area contributed by atoms with Crippen molar-refractivity contribution in [2.45, 2.75) is 43.4 Å². The van der Waals surface area contributed by atoms with E-state index in [1.807, 2.05) is 11.8 Å². The summed E-state index contributed by atoms with van der Waals surface area (Å²) < 4.78 is 0. The third kappa shape index (κ3) is 3.75. The molecule has 1 atom stereocenters. The normalized spacial score (nSPS) is 18.3. The summed E-state index contributed by atoms with van der Waals surface area (Å²) in [5.41, 5.74) is 1.55. The lowest BCUT2D eigenvalue weighted by molar-refractivity contribution is 0.571. The van der Waals surface area contributed by atoms with Gasteiger partial charge in [-0.1, -0.05) is 44.4 Å². The Hall–Kier alpha value is -0.470. The van der Waals surface area contributed by atoms with E-state index in [1.54, 1.807) is 5.56 Å². The molecule has 0 bridgehead atoms. The third-order valence-corrected chi connectivity index (χ3v) is 4.65. The minimum absolute atomic E-state index is 0.724. The summed E-state index contributed by atoms with van der Waals surface area (Å²) in [7, 11) is 0. The molecule has 1 aromatic rings. The molecule has 94 valence electrons. The second-order valence-corrected chi connectivity index (χ2v) is 5.87. The maximum atomic E-state index is 3.61. The molecule has 1 N–H and O–H groups in total. The van der Waals surface area contributed by atoms with Crippen LogP contribution in [0.25, 0.3) is 0 Å². The topological polar surface area (TPSA) is 12.0 Å². The molecule has 0 fully saturated rings. The minimum Gasteiger partial charge on any atom is -0.316 e. The standard InChI is InChI=1S/C15H23NS/c1-2-3-4-7-10-16-11-13-12-17-15-9-6-5-8-14(13)15/h5-6,8-9,13,16H,2-4,7,10-12H2,1H3. The number of fused-ring (bicyclic) bond motifs is 1. The summed E-state index contributed by atoms with van der Waals surface area (Å²) in [6.45, 7) is 4.60. The van der Waals surface area contributed by atoms with Gasteiger partial charge in [-0.25, -0.2) is 0 Å². The molecule has 0 saturated heterocycles. The molecular formula is C15H23NS. The first-order chi connectivity index (χ1) is 8.42. The number of thioether (sulfide) groups is 1. The van der Waals surface area contributed by atoms with Crippen molar-refractivity contribution >= 4 is 11.8 Å². The maximum absolute atomic E-state index is 3.61. The second kappa shape index (κ2) is 7.07. The van der Waals surface area contributed by atoms with Gasteiger partial charge in [0.2, 0.25) is 0 Å². The molecule has 2 heteroatoms. The Kier molecular flexibility index (Phi) is 5.40. The highest BCUT2D eigenvalue weighted by atomic mass is 32.2. The first kappa shape index (κ1) is 13.0. The lowest BCUT2D eigenvalue weighted by Gasteiger charge is -2.11. The van der Waals surface area contributed by atoms with E-state index in [9.17, 15) is 0 Å². The van der Waals surface area contributed by atoms with Crippen molar-refractivity contribution in [1.29, 1.82) is 0 Å². The fourth-order valence-corrected chi connectivity index (χ4v) is 3.61. The molecule has 0 aliphatic carbocycles. The SMILES string of the molecule is CCCCCCNCC1CSc2ccccc21. The van der Waals surface area contributed by atoms with Gasteiger partial charge in [-0.3, -0.25) is 0 Å². The molecule has 0 radical (unpaired) electrons. The maximum Gasteiger partial charge on any atom is 0.0108 e. The van der Waals surface area contributed by atoms with E-state index in [0.717, 1.165) is 12.5 Å². The molecule has 0 aromatic heterocycles. The first-order valence-corrected chi connectivity index (χ1v) is 7.83. The second-order valence-electron chi connectivity index (χ2n) is 4.81. The summed E-state index contributed by atoms with van der Waals surface area (Å²) in [5, 5.41) is 3.61. The molecule has 1 heterocycles. The van der Waals surface area contributed by atoms with Crippen LogP contribution in [0, 0.1) is 0 Å². The molecule has 1 nitrogen and oxygen atoms in total. The van der Waals surface area contributed by atoms with Crippen molar-refractivity contribution in [2.75, 3.05) is 18.8 Å². The van der Waals surface area contributed by atoms with Gasteiger partial charge < -0.3 is 5.32 Å². The van der Waals surface area contributed by atoms with Gasteiger partial charge in [0.15, 0.2) is 0 Å². The lowest BCUT2D eigenvalue weighted by Crippen LogP contribution is -2.22. The molecular weight excluding hydrogens is 226 g/mol. The quantitative estimate of drug-likeness (QED) is 0.732. The first-order valence-electron chi connectivity index (χ1n) is 6.84. The monoisotopic (exact) mass is 249 g/mol. The van der Waals surface area contributed by atoms with Crippen molar-refractivity contribution < 1.29 is 0 Å². The largest absolute Gasteiger partial charge is 0.316 e. The van der Waals surface area contributed by atoms with E-state index >= 15 is 0 Å². The van der Waals surface area contributed by atoms with Crippen molar-refractivity contribution in [1.82, 2.24) is 5.32 Å². The Morgan fingerprint density at radius 1 is 1.24 bits per heavy atom. The predicted octanol–water partition coefficient (Wildman–Crippen LogP) is 4.05. The van der Waals surface area contributed by atoms with Gasteiger partial charge in [-0.2, -0.15) is 0 Å². The Morgan fingerprint density at radius 2 is 2.12 bits per heavy atom. The molecule has 1 aliphatic heterocycles. The summed E-state index contributed by atoms with van der Waals surface area (Å²) >= 11 is 2.01. The van der Waals surface area contributed by atoms with Crippen LogP contribution in [0.15, 0.2) is 29.2 Å². The highest BCUT2D eigenvalue weighted by Crippen LogP contribution is 2.38. The number of hydrogen-bond acceptors (Lipinski definition) is 2. The molecule has 0 amide bonds. The van der Waals surface area contributed by atoms with Crippen LogP contribution in [-0.2, 0) is 0 Å². The molecule has 0 spiro atoms. The van der Waals surface area contributed by atoms with Crippen LogP contribution in [0.1, 0.15) is 44.1 Å². The Bertz CT molecular complexity index is 337. The molecule has 1 aliphatic rings. The Balaban J connectivity index is 1.68. The molecule has 17 heavy (non-hydrogen) atoms. The predicted molar refractivity (Wildman–Crippen MR) is 76.9 cm³/mol. The number of hydrogen-bond donors (Lipinski definition) is 1. The van der Waals surface area contributed by atoms with Crippen LogP contribution >= 0.6 is 11.8 Å². The van der Waals surface area contributed by atoms with Gasteiger partial charge in [0.25, 0.3) is 0 Å². The zero-order chi connectivity index (χ0) is 11.9.